The van der Waals surface area contributed by atoms with Crippen LogP contribution in [0.15, 0.2) is 48.5 Å². The van der Waals surface area contributed by atoms with E-state index in [1.807, 2.05) is 30.3 Å². The van der Waals surface area contributed by atoms with Crippen molar-refractivity contribution < 1.29 is 4.74 Å². The molecule has 1 aromatic heterocycles. The fourth-order valence-electron chi connectivity index (χ4n) is 2.18. The van der Waals surface area contributed by atoms with Crippen molar-refractivity contribution in [3.05, 3.63) is 59.9 Å². The van der Waals surface area contributed by atoms with Gasteiger partial charge in [-0.15, -0.1) is 0 Å². The van der Waals surface area contributed by atoms with Crippen LogP contribution < -0.4 is 4.74 Å². The predicted molar refractivity (Wildman–Crippen MR) is 76.5 cm³/mol. The summed E-state index contributed by atoms with van der Waals surface area (Å²) in [7, 11) is 1.68. The number of para-hydroxylation sites is 2. The normalized spacial score (nSPS) is 10.8. The smallest absolute Gasteiger partial charge is 0.118 e. The van der Waals surface area contributed by atoms with Crippen LogP contribution in [-0.4, -0.2) is 17.1 Å². The van der Waals surface area contributed by atoms with Gasteiger partial charge < -0.3 is 9.72 Å². The van der Waals surface area contributed by atoms with Crippen molar-refractivity contribution >= 4 is 11.0 Å². The molecule has 3 rings (SSSR count). The Hall–Kier alpha value is -2.29. The Labute approximate surface area is 112 Å². The summed E-state index contributed by atoms with van der Waals surface area (Å²) in [5, 5.41) is 0. The standard InChI is InChI=1S/C16H16N2O/c1-19-13-9-6-12(7-10-13)8-11-16-17-14-4-2-3-5-15(14)18-16/h2-7,9-10H,8,11H2,1H3,(H,17,18). The van der Waals surface area contributed by atoms with Crippen LogP contribution in [0.2, 0.25) is 0 Å². The van der Waals surface area contributed by atoms with Crippen molar-refractivity contribution in [3.8, 4) is 5.75 Å². The van der Waals surface area contributed by atoms with E-state index in [1.165, 1.54) is 5.56 Å². The van der Waals surface area contributed by atoms with E-state index in [2.05, 4.69) is 28.2 Å². The van der Waals surface area contributed by atoms with Crippen molar-refractivity contribution in [1.29, 1.82) is 0 Å². The Kier molecular flexibility index (Phi) is 3.19. The van der Waals surface area contributed by atoms with E-state index in [0.717, 1.165) is 35.4 Å². The van der Waals surface area contributed by atoms with Gasteiger partial charge in [0.1, 0.15) is 11.6 Å². The lowest BCUT2D eigenvalue weighted by Crippen LogP contribution is -1.93. The zero-order valence-corrected chi connectivity index (χ0v) is 10.9. The summed E-state index contributed by atoms with van der Waals surface area (Å²) < 4.78 is 5.15. The average Bonchev–Trinajstić information content (AvgIpc) is 2.88. The van der Waals surface area contributed by atoms with E-state index < -0.39 is 0 Å². The van der Waals surface area contributed by atoms with Gasteiger partial charge in [-0.2, -0.15) is 0 Å². The number of ether oxygens (including phenoxy) is 1. The number of rotatable bonds is 4. The maximum atomic E-state index is 5.15. The lowest BCUT2D eigenvalue weighted by molar-refractivity contribution is 0.414. The van der Waals surface area contributed by atoms with E-state index in [-0.39, 0.29) is 0 Å². The number of nitrogens with one attached hydrogen (secondary N) is 1. The molecule has 3 nitrogen and oxygen atoms in total. The number of fused-ring (bicyclic) bond motifs is 1. The second-order valence-corrected chi connectivity index (χ2v) is 4.55. The summed E-state index contributed by atoms with van der Waals surface area (Å²) in [4.78, 5) is 7.93. The molecule has 3 aromatic rings. The number of hydrogen-bond acceptors (Lipinski definition) is 2. The Balaban J connectivity index is 1.70. The molecule has 19 heavy (non-hydrogen) atoms. The van der Waals surface area contributed by atoms with Crippen LogP contribution in [0.4, 0.5) is 0 Å². The molecule has 0 fully saturated rings. The fourth-order valence-corrected chi connectivity index (χ4v) is 2.18. The van der Waals surface area contributed by atoms with Crippen molar-refractivity contribution in [2.45, 2.75) is 12.8 Å². The highest BCUT2D eigenvalue weighted by Gasteiger charge is 2.02. The molecule has 0 saturated carbocycles. The van der Waals surface area contributed by atoms with Crippen molar-refractivity contribution in [3.63, 3.8) is 0 Å². The van der Waals surface area contributed by atoms with E-state index in [0.29, 0.717) is 0 Å². The molecule has 0 atom stereocenters. The summed E-state index contributed by atoms with van der Waals surface area (Å²) >= 11 is 0. The van der Waals surface area contributed by atoms with Crippen LogP contribution in [0.1, 0.15) is 11.4 Å². The van der Waals surface area contributed by atoms with Gasteiger partial charge in [0.2, 0.25) is 0 Å². The minimum absolute atomic E-state index is 0.896. The number of aromatic amines is 1. The molecule has 0 amide bonds. The Bertz CT molecular complexity index is 638. The molecule has 3 heteroatoms. The maximum absolute atomic E-state index is 5.15. The number of imidazole rings is 1. The van der Waals surface area contributed by atoms with Crippen LogP contribution in [0.3, 0.4) is 0 Å². The monoisotopic (exact) mass is 252 g/mol. The Morgan fingerprint density at radius 1 is 1.00 bits per heavy atom. The molecule has 0 bridgehead atoms. The van der Waals surface area contributed by atoms with Crippen molar-refractivity contribution in [2.75, 3.05) is 7.11 Å². The fraction of sp³-hybridized carbons (Fsp3) is 0.188. The minimum atomic E-state index is 0.896. The lowest BCUT2D eigenvalue weighted by atomic mass is 10.1. The lowest BCUT2D eigenvalue weighted by Gasteiger charge is -2.02. The summed E-state index contributed by atoms with van der Waals surface area (Å²) in [5.74, 6) is 1.93. The number of H-pyrrole nitrogens is 1. The summed E-state index contributed by atoms with van der Waals surface area (Å²) in [6.07, 6.45) is 1.89. The van der Waals surface area contributed by atoms with Gasteiger partial charge >= 0.3 is 0 Å². The first-order chi connectivity index (χ1) is 9.35. The molecule has 96 valence electrons. The first-order valence-electron chi connectivity index (χ1n) is 6.42. The van der Waals surface area contributed by atoms with Gasteiger partial charge in [0.15, 0.2) is 0 Å². The highest BCUT2D eigenvalue weighted by Crippen LogP contribution is 2.14. The zero-order valence-electron chi connectivity index (χ0n) is 10.9. The molecule has 2 aromatic carbocycles. The third-order valence-corrected chi connectivity index (χ3v) is 3.25. The molecule has 1 heterocycles. The molecular weight excluding hydrogens is 236 g/mol. The number of aromatic nitrogens is 2. The highest BCUT2D eigenvalue weighted by molar-refractivity contribution is 5.74. The van der Waals surface area contributed by atoms with Gasteiger partial charge in [-0.1, -0.05) is 24.3 Å². The third kappa shape index (κ3) is 2.60. The van der Waals surface area contributed by atoms with Crippen LogP contribution >= 0.6 is 0 Å². The molecule has 0 aliphatic carbocycles. The number of benzene rings is 2. The molecule has 0 aliphatic heterocycles. The summed E-state index contributed by atoms with van der Waals surface area (Å²) in [6.45, 7) is 0. The van der Waals surface area contributed by atoms with E-state index in [1.54, 1.807) is 7.11 Å². The van der Waals surface area contributed by atoms with Gasteiger partial charge in [-0.25, -0.2) is 4.98 Å². The number of aryl methyl sites for hydroxylation is 2. The van der Waals surface area contributed by atoms with E-state index >= 15 is 0 Å². The molecule has 1 N–H and O–H groups in total. The second-order valence-electron chi connectivity index (χ2n) is 4.55. The molecule has 0 radical (unpaired) electrons. The SMILES string of the molecule is COc1ccc(CCc2nc3ccccc3[nH]2)cc1. The van der Waals surface area contributed by atoms with Crippen molar-refractivity contribution in [2.24, 2.45) is 0 Å². The number of nitrogens with zero attached hydrogens (tertiary/aromatic N) is 1. The average molecular weight is 252 g/mol. The first-order valence-corrected chi connectivity index (χ1v) is 6.42. The quantitative estimate of drug-likeness (QED) is 0.773. The minimum Gasteiger partial charge on any atom is -0.497 e. The Morgan fingerprint density at radius 2 is 1.79 bits per heavy atom. The van der Waals surface area contributed by atoms with Crippen LogP contribution in [0.5, 0.6) is 5.75 Å². The summed E-state index contributed by atoms with van der Waals surface area (Å²) in [5.41, 5.74) is 3.43. The third-order valence-electron chi connectivity index (χ3n) is 3.25. The van der Waals surface area contributed by atoms with Gasteiger partial charge in [-0.05, 0) is 36.2 Å². The zero-order chi connectivity index (χ0) is 13.1. The number of methoxy groups -OCH3 is 1. The van der Waals surface area contributed by atoms with Gasteiger partial charge in [-0.3, -0.25) is 0 Å². The number of hydrogen-bond donors (Lipinski definition) is 1. The van der Waals surface area contributed by atoms with Crippen LogP contribution in [-0.2, 0) is 12.8 Å². The van der Waals surface area contributed by atoms with Crippen LogP contribution in [0, 0.1) is 0 Å². The van der Waals surface area contributed by atoms with Gasteiger partial charge in [0, 0.05) is 6.42 Å². The second kappa shape index (κ2) is 5.14. The largest absolute Gasteiger partial charge is 0.497 e. The van der Waals surface area contributed by atoms with Crippen molar-refractivity contribution in [1.82, 2.24) is 9.97 Å². The molecule has 0 aliphatic rings. The first kappa shape index (κ1) is 11.8. The summed E-state index contributed by atoms with van der Waals surface area (Å²) in [6, 6.07) is 16.3. The topological polar surface area (TPSA) is 37.9 Å². The molecule has 0 unspecified atom stereocenters. The van der Waals surface area contributed by atoms with Crippen LogP contribution in [0.25, 0.3) is 11.0 Å². The maximum Gasteiger partial charge on any atom is 0.118 e. The van der Waals surface area contributed by atoms with E-state index in [9.17, 15) is 0 Å². The predicted octanol–water partition coefficient (Wildman–Crippen LogP) is 3.36. The highest BCUT2D eigenvalue weighted by atomic mass is 16.5. The van der Waals surface area contributed by atoms with Gasteiger partial charge in [0.25, 0.3) is 0 Å². The van der Waals surface area contributed by atoms with Gasteiger partial charge in [0.05, 0.1) is 18.1 Å². The molecular formula is C16H16N2O. The van der Waals surface area contributed by atoms with E-state index in [4.69, 9.17) is 4.74 Å². The molecule has 0 spiro atoms. The molecule has 0 saturated heterocycles. The Morgan fingerprint density at radius 3 is 2.53 bits per heavy atom.